The molecule has 5 N–H and O–H groups in total. The van der Waals surface area contributed by atoms with Gasteiger partial charge in [0.15, 0.2) is 0 Å². The van der Waals surface area contributed by atoms with Crippen molar-refractivity contribution in [1.82, 2.24) is 0 Å². The highest BCUT2D eigenvalue weighted by Crippen LogP contribution is 2.38. The van der Waals surface area contributed by atoms with Crippen LogP contribution in [0.3, 0.4) is 0 Å². The summed E-state index contributed by atoms with van der Waals surface area (Å²) in [4.78, 5) is 12.5. The number of amides is 1. The number of hydrogen-bond donors (Lipinski definition) is 3. The van der Waals surface area contributed by atoms with E-state index in [1.54, 1.807) is 36.6 Å². The van der Waals surface area contributed by atoms with Crippen LogP contribution >= 0.6 is 23.1 Å². The van der Waals surface area contributed by atoms with Gasteiger partial charge in [-0.05, 0) is 54.1 Å². The second-order valence-electron chi connectivity index (χ2n) is 6.27. The summed E-state index contributed by atoms with van der Waals surface area (Å²) in [6.45, 7) is 1.84. The maximum absolute atomic E-state index is 13.3. The molecule has 0 aliphatic rings. The van der Waals surface area contributed by atoms with Crippen LogP contribution in [-0.4, -0.2) is 26.4 Å². The number of rotatable bonds is 6. The largest absolute Gasteiger partial charge is 0.383 e. The predicted octanol–water partition coefficient (Wildman–Crippen LogP) is 3.66. The summed E-state index contributed by atoms with van der Waals surface area (Å²) in [7, 11) is -3.85. The van der Waals surface area contributed by atoms with Crippen LogP contribution in [0, 0.1) is 12.3 Å². The molecule has 0 spiro atoms. The molecule has 150 valence electrons. The molecule has 0 radical (unpaired) electrons. The Morgan fingerprint density at radius 1 is 1.10 bits per heavy atom. The number of amidine groups is 1. The number of thiophene rings is 1. The van der Waals surface area contributed by atoms with Gasteiger partial charge >= 0.3 is 0 Å². The fraction of sp³-hybridized carbons (Fsp3) is 0.100. The molecule has 29 heavy (non-hydrogen) atoms. The number of carbonyl (C=O) groups is 1. The molecule has 1 aromatic heterocycles. The van der Waals surface area contributed by atoms with Crippen LogP contribution in [0.2, 0.25) is 0 Å². The Morgan fingerprint density at radius 3 is 2.41 bits per heavy atom. The number of benzene rings is 2. The van der Waals surface area contributed by atoms with Crippen molar-refractivity contribution < 1.29 is 13.2 Å². The topological polar surface area (TPSA) is 127 Å². The van der Waals surface area contributed by atoms with Crippen molar-refractivity contribution in [1.29, 1.82) is 5.41 Å². The lowest BCUT2D eigenvalue weighted by Crippen LogP contribution is -2.13. The van der Waals surface area contributed by atoms with Crippen molar-refractivity contribution >= 4 is 44.7 Å². The zero-order valence-corrected chi connectivity index (χ0v) is 18.2. The first kappa shape index (κ1) is 21.1. The molecular formula is C20H19N3O3S3. The number of thioether (sulfide) groups is 1. The lowest BCUT2D eigenvalue weighted by molar-refractivity contribution is 0.100. The Hall–Kier alpha value is -2.62. The molecule has 0 aliphatic heterocycles. The van der Waals surface area contributed by atoms with Crippen molar-refractivity contribution in [2.75, 3.05) is 6.26 Å². The van der Waals surface area contributed by atoms with Crippen molar-refractivity contribution in [3.05, 3.63) is 64.5 Å². The standard InChI is InChI=1S/C20H19N3O3S3/c1-11-5-3-8-14(19(23)24)17(11)12-6-4-7-13(9-12)29(25,26)16-10-15(18(21)22)28-20(16)27-2/h3-10H,1-2H3,(H3,21,22)(H2,23,24). The highest BCUT2D eigenvalue weighted by molar-refractivity contribution is 8.01. The van der Waals surface area contributed by atoms with Crippen molar-refractivity contribution in [2.45, 2.75) is 20.9 Å². The molecule has 3 rings (SSSR count). The van der Waals surface area contributed by atoms with Gasteiger partial charge in [-0.15, -0.1) is 23.1 Å². The molecule has 1 heterocycles. The monoisotopic (exact) mass is 445 g/mol. The van der Waals surface area contributed by atoms with Crippen LogP contribution in [-0.2, 0) is 9.84 Å². The molecule has 0 aliphatic carbocycles. The minimum atomic E-state index is -3.85. The SMILES string of the molecule is CSc1sc(C(=N)N)cc1S(=O)(=O)c1cccc(-c2c(C)cccc2C(N)=O)c1. The molecule has 9 heteroatoms. The van der Waals surface area contributed by atoms with Gasteiger partial charge in [0.25, 0.3) is 0 Å². The lowest BCUT2D eigenvalue weighted by atomic mass is 9.95. The van der Waals surface area contributed by atoms with Gasteiger partial charge in [0, 0.05) is 5.56 Å². The summed E-state index contributed by atoms with van der Waals surface area (Å²) >= 11 is 2.46. The highest BCUT2D eigenvalue weighted by Gasteiger charge is 2.25. The summed E-state index contributed by atoms with van der Waals surface area (Å²) < 4.78 is 27.2. The van der Waals surface area contributed by atoms with Gasteiger partial charge in [0.05, 0.1) is 18.9 Å². The number of sulfone groups is 1. The molecule has 0 bridgehead atoms. The number of nitrogens with two attached hydrogens (primary N) is 2. The van der Waals surface area contributed by atoms with E-state index in [2.05, 4.69) is 0 Å². The molecule has 0 saturated carbocycles. The average Bonchev–Trinajstić information content (AvgIpc) is 3.13. The van der Waals surface area contributed by atoms with E-state index >= 15 is 0 Å². The first-order chi connectivity index (χ1) is 13.7. The van der Waals surface area contributed by atoms with Gasteiger partial charge in [0.2, 0.25) is 15.7 Å². The highest BCUT2D eigenvalue weighted by atomic mass is 32.2. The number of nitrogens with one attached hydrogen (secondary N) is 1. The zero-order chi connectivity index (χ0) is 21.3. The second-order valence-corrected chi connectivity index (χ2v) is 10.3. The predicted molar refractivity (Wildman–Crippen MR) is 118 cm³/mol. The van der Waals surface area contributed by atoms with E-state index in [9.17, 15) is 13.2 Å². The molecule has 3 aromatic rings. The Balaban J connectivity index is 2.19. The fourth-order valence-electron chi connectivity index (χ4n) is 3.02. The van der Waals surface area contributed by atoms with Gasteiger partial charge in [0.1, 0.15) is 5.84 Å². The summed E-state index contributed by atoms with van der Waals surface area (Å²) in [5.74, 6) is -0.753. The van der Waals surface area contributed by atoms with E-state index in [0.717, 1.165) is 5.56 Å². The van der Waals surface area contributed by atoms with Crippen LogP contribution < -0.4 is 11.5 Å². The van der Waals surface area contributed by atoms with Crippen LogP contribution in [0.15, 0.2) is 62.5 Å². The minimum absolute atomic E-state index is 0.0943. The number of hydrogen-bond acceptors (Lipinski definition) is 6. The van der Waals surface area contributed by atoms with Gasteiger partial charge in [-0.3, -0.25) is 10.2 Å². The van der Waals surface area contributed by atoms with Gasteiger partial charge in [-0.2, -0.15) is 0 Å². The quantitative estimate of drug-likeness (QED) is 0.303. The average molecular weight is 446 g/mol. The van der Waals surface area contributed by atoms with E-state index < -0.39 is 15.7 Å². The Bertz CT molecular complexity index is 1230. The van der Waals surface area contributed by atoms with Gasteiger partial charge < -0.3 is 11.5 Å². The normalized spacial score (nSPS) is 11.4. The first-order valence-electron chi connectivity index (χ1n) is 8.44. The van der Waals surface area contributed by atoms with Gasteiger partial charge in [-0.1, -0.05) is 24.3 Å². The molecule has 0 atom stereocenters. The molecule has 6 nitrogen and oxygen atoms in total. The maximum Gasteiger partial charge on any atom is 0.249 e. The van der Waals surface area contributed by atoms with E-state index in [1.807, 2.05) is 13.0 Å². The smallest absolute Gasteiger partial charge is 0.249 e. The van der Waals surface area contributed by atoms with E-state index in [1.165, 1.54) is 35.2 Å². The molecule has 0 unspecified atom stereocenters. The van der Waals surface area contributed by atoms with Crippen LogP contribution in [0.25, 0.3) is 11.1 Å². The molecule has 2 aromatic carbocycles. The van der Waals surface area contributed by atoms with E-state index in [0.29, 0.717) is 25.8 Å². The minimum Gasteiger partial charge on any atom is -0.383 e. The summed E-state index contributed by atoms with van der Waals surface area (Å²) in [6, 6.07) is 13.1. The maximum atomic E-state index is 13.3. The van der Waals surface area contributed by atoms with Crippen LogP contribution in [0.5, 0.6) is 0 Å². The third kappa shape index (κ3) is 3.93. The van der Waals surface area contributed by atoms with Crippen molar-refractivity contribution in [3.63, 3.8) is 0 Å². The second kappa shape index (κ2) is 8.02. The van der Waals surface area contributed by atoms with E-state index in [4.69, 9.17) is 16.9 Å². The number of primary amides is 1. The van der Waals surface area contributed by atoms with Crippen LogP contribution in [0.4, 0.5) is 0 Å². The Kier molecular flexibility index (Phi) is 5.83. The lowest BCUT2D eigenvalue weighted by Gasteiger charge is -2.12. The summed E-state index contributed by atoms with van der Waals surface area (Å²) in [6.07, 6.45) is 1.78. The molecule has 0 saturated heterocycles. The fourth-order valence-corrected chi connectivity index (χ4v) is 6.92. The Labute approximate surface area is 177 Å². The van der Waals surface area contributed by atoms with E-state index in [-0.39, 0.29) is 15.6 Å². The van der Waals surface area contributed by atoms with Crippen molar-refractivity contribution in [3.8, 4) is 11.1 Å². The first-order valence-corrected chi connectivity index (χ1v) is 12.0. The molecule has 0 fully saturated rings. The summed E-state index contributed by atoms with van der Waals surface area (Å²) in [5, 5.41) is 7.60. The Morgan fingerprint density at radius 2 is 1.79 bits per heavy atom. The third-order valence-electron chi connectivity index (χ3n) is 4.38. The van der Waals surface area contributed by atoms with Gasteiger partial charge in [-0.25, -0.2) is 8.42 Å². The number of carbonyl (C=O) groups excluding carboxylic acids is 1. The van der Waals surface area contributed by atoms with Crippen molar-refractivity contribution in [2.24, 2.45) is 11.5 Å². The van der Waals surface area contributed by atoms with Crippen LogP contribution in [0.1, 0.15) is 20.8 Å². The summed E-state index contributed by atoms with van der Waals surface area (Å²) in [5.41, 5.74) is 13.4. The number of aryl methyl sites for hydroxylation is 1. The molecule has 1 amide bonds. The molecular weight excluding hydrogens is 426 g/mol. The number of nitrogen functional groups attached to an aromatic ring is 1. The zero-order valence-electron chi connectivity index (χ0n) is 15.7. The third-order valence-corrected chi connectivity index (χ3v) is 8.72.